The summed E-state index contributed by atoms with van der Waals surface area (Å²) in [6.07, 6.45) is 2.60. The van der Waals surface area contributed by atoms with Gasteiger partial charge in [-0.2, -0.15) is 0 Å². The highest BCUT2D eigenvalue weighted by atomic mass is 16.5. The van der Waals surface area contributed by atoms with Gasteiger partial charge in [-0.15, -0.1) is 0 Å². The second kappa shape index (κ2) is 10.3. The molecule has 1 aliphatic heterocycles. The van der Waals surface area contributed by atoms with Gasteiger partial charge in [0.05, 0.1) is 17.5 Å². The maximum absolute atomic E-state index is 12.4. The van der Waals surface area contributed by atoms with Crippen molar-refractivity contribution in [2.75, 3.05) is 13.1 Å². The first-order chi connectivity index (χ1) is 16.4. The van der Waals surface area contributed by atoms with Crippen molar-refractivity contribution in [2.24, 2.45) is 11.8 Å². The van der Waals surface area contributed by atoms with Gasteiger partial charge in [0.25, 0.3) is 12.0 Å². The number of hydrogen-bond acceptors (Lipinski definition) is 7. The van der Waals surface area contributed by atoms with Gasteiger partial charge in [-0.1, -0.05) is 6.07 Å². The average molecular weight is 467 g/mol. The lowest BCUT2D eigenvalue weighted by atomic mass is 9.78. The first-order valence-corrected chi connectivity index (χ1v) is 11.4. The number of fused-ring (bicyclic) bond motifs is 2. The number of carboxylic acid groups (broad SMARTS) is 1. The highest BCUT2D eigenvalue weighted by molar-refractivity contribution is 5.38. The lowest BCUT2D eigenvalue weighted by molar-refractivity contribution is -0.122. The largest absolute Gasteiger partial charge is 0.486 e. The van der Waals surface area contributed by atoms with Gasteiger partial charge in [-0.25, -0.2) is 4.98 Å². The van der Waals surface area contributed by atoms with Crippen LogP contribution in [0.15, 0.2) is 47.4 Å². The van der Waals surface area contributed by atoms with Gasteiger partial charge in [0.15, 0.2) is 0 Å². The molecule has 4 atom stereocenters. The van der Waals surface area contributed by atoms with Crippen LogP contribution >= 0.6 is 0 Å². The molecule has 0 unspecified atom stereocenters. The van der Waals surface area contributed by atoms with Crippen LogP contribution in [0.3, 0.4) is 0 Å². The number of rotatable bonds is 4. The van der Waals surface area contributed by atoms with E-state index in [1.54, 1.807) is 16.7 Å². The summed E-state index contributed by atoms with van der Waals surface area (Å²) in [6, 6.07) is 11.1. The standard InChI is InChI=1S/C24H28N4O3.CH2O2/c1-15-6-7-21(16(2)25-15)31-22-10-18-13-27(12-17(18)9-20(22)29)14-19-11-24(30)28-8-4-3-5-23(28)26-19;2-1-3/h3-8,11,17-18,20,22,29H,9-10,12-14H2,1-2H3;1H,(H,2,3)/t17-,18+,20+,22+;/m0./s1. The van der Waals surface area contributed by atoms with Crippen molar-refractivity contribution < 1.29 is 19.7 Å². The summed E-state index contributed by atoms with van der Waals surface area (Å²) in [5, 5.41) is 17.6. The third kappa shape index (κ3) is 5.26. The Labute approximate surface area is 197 Å². The molecule has 9 nitrogen and oxygen atoms in total. The summed E-state index contributed by atoms with van der Waals surface area (Å²) in [7, 11) is 0. The van der Waals surface area contributed by atoms with Crippen molar-refractivity contribution in [3.05, 3.63) is 70.0 Å². The Morgan fingerprint density at radius 1 is 1.12 bits per heavy atom. The SMILES string of the molecule is Cc1ccc(O[C@@H]2C[C@@H]3CN(Cc4cc(=O)n5ccccc5n4)C[C@@H]3C[C@H]2O)c(C)n1.O=CO. The third-order valence-electron chi connectivity index (χ3n) is 6.63. The fourth-order valence-corrected chi connectivity index (χ4v) is 5.12. The van der Waals surface area contributed by atoms with Gasteiger partial charge >= 0.3 is 0 Å². The van der Waals surface area contributed by atoms with Crippen molar-refractivity contribution >= 4 is 12.1 Å². The van der Waals surface area contributed by atoms with E-state index in [1.807, 2.05) is 44.2 Å². The number of carbonyl (C=O) groups is 1. The van der Waals surface area contributed by atoms with Gasteiger partial charge in [-0.3, -0.25) is 23.9 Å². The summed E-state index contributed by atoms with van der Waals surface area (Å²) in [6.45, 7) is 6.14. The number of aryl methyl sites for hydroxylation is 2. The van der Waals surface area contributed by atoms with Crippen LogP contribution in [0.2, 0.25) is 0 Å². The summed E-state index contributed by atoms with van der Waals surface area (Å²) in [5.41, 5.74) is 3.24. The number of nitrogens with zero attached hydrogens (tertiary/aromatic N) is 4. The molecule has 0 aromatic carbocycles. The van der Waals surface area contributed by atoms with Crippen LogP contribution in [0, 0.1) is 25.7 Å². The van der Waals surface area contributed by atoms with Crippen molar-refractivity contribution in [2.45, 2.75) is 45.4 Å². The number of aliphatic hydroxyl groups excluding tert-OH is 1. The zero-order chi connectivity index (χ0) is 24.2. The monoisotopic (exact) mass is 466 g/mol. The number of ether oxygens (including phenoxy) is 1. The minimum Gasteiger partial charge on any atom is -0.486 e. The second-order valence-electron chi connectivity index (χ2n) is 9.07. The molecule has 0 amide bonds. The maximum atomic E-state index is 12.4. The quantitative estimate of drug-likeness (QED) is 0.561. The van der Waals surface area contributed by atoms with Gasteiger partial charge in [0.1, 0.15) is 17.5 Å². The van der Waals surface area contributed by atoms with Crippen LogP contribution in [0.4, 0.5) is 0 Å². The molecule has 180 valence electrons. The van der Waals surface area contributed by atoms with Crippen LogP contribution in [0.25, 0.3) is 5.65 Å². The third-order valence-corrected chi connectivity index (χ3v) is 6.63. The van der Waals surface area contributed by atoms with E-state index in [2.05, 4.69) is 14.9 Å². The predicted octanol–water partition coefficient (Wildman–Crippen LogP) is 2.06. The lowest BCUT2D eigenvalue weighted by Crippen LogP contribution is -2.42. The van der Waals surface area contributed by atoms with Crippen LogP contribution in [0.5, 0.6) is 5.75 Å². The smallest absolute Gasteiger partial charge is 0.290 e. The Hall–Kier alpha value is -3.30. The average Bonchev–Trinajstić information content (AvgIpc) is 3.17. The van der Waals surface area contributed by atoms with E-state index in [1.165, 1.54) is 0 Å². The number of aromatic nitrogens is 3. The summed E-state index contributed by atoms with van der Waals surface area (Å²) >= 11 is 0. The molecule has 5 rings (SSSR count). The number of likely N-dealkylation sites (tertiary alicyclic amines) is 1. The topological polar surface area (TPSA) is 117 Å². The van der Waals surface area contributed by atoms with E-state index < -0.39 is 6.10 Å². The number of hydrogen-bond donors (Lipinski definition) is 2. The summed E-state index contributed by atoms with van der Waals surface area (Å²) in [4.78, 5) is 32.2. The molecular weight excluding hydrogens is 436 g/mol. The molecule has 3 aromatic heterocycles. The van der Waals surface area contributed by atoms with Crippen LogP contribution in [-0.2, 0) is 11.3 Å². The number of aliphatic hydroxyl groups is 1. The molecule has 1 saturated carbocycles. The van der Waals surface area contributed by atoms with Gasteiger partial charge in [0.2, 0.25) is 0 Å². The molecule has 3 aromatic rings. The van der Waals surface area contributed by atoms with Crippen molar-refractivity contribution in [1.82, 2.24) is 19.3 Å². The Balaban J connectivity index is 0.000000868. The highest BCUT2D eigenvalue weighted by Gasteiger charge is 2.42. The maximum Gasteiger partial charge on any atom is 0.290 e. The molecule has 4 heterocycles. The van der Waals surface area contributed by atoms with E-state index in [-0.39, 0.29) is 18.1 Å². The molecule has 0 spiro atoms. The Kier molecular flexibility index (Phi) is 7.23. The fourth-order valence-electron chi connectivity index (χ4n) is 5.12. The molecule has 9 heteroatoms. The lowest BCUT2D eigenvalue weighted by Gasteiger charge is -2.35. The second-order valence-corrected chi connectivity index (χ2v) is 9.07. The summed E-state index contributed by atoms with van der Waals surface area (Å²) < 4.78 is 7.75. The Morgan fingerprint density at radius 2 is 1.85 bits per heavy atom. The van der Waals surface area contributed by atoms with Gasteiger partial charge < -0.3 is 14.9 Å². The molecule has 1 saturated heterocycles. The van der Waals surface area contributed by atoms with Crippen LogP contribution < -0.4 is 10.3 Å². The van der Waals surface area contributed by atoms with Crippen LogP contribution in [-0.4, -0.2) is 61.3 Å². The molecule has 34 heavy (non-hydrogen) atoms. The predicted molar refractivity (Wildman–Crippen MR) is 126 cm³/mol. The molecule has 0 bridgehead atoms. The first-order valence-electron chi connectivity index (χ1n) is 11.4. The van der Waals surface area contributed by atoms with E-state index >= 15 is 0 Å². The zero-order valence-corrected chi connectivity index (χ0v) is 19.4. The molecule has 2 aliphatic rings. The van der Waals surface area contributed by atoms with Crippen molar-refractivity contribution in [3.63, 3.8) is 0 Å². The zero-order valence-electron chi connectivity index (χ0n) is 19.4. The molecule has 0 radical (unpaired) electrons. The minimum atomic E-state index is -0.481. The van der Waals surface area contributed by atoms with E-state index in [0.717, 1.165) is 48.8 Å². The normalized spacial score (nSPS) is 24.2. The van der Waals surface area contributed by atoms with E-state index in [4.69, 9.17) is 14.6 Å². The fraction of sp³-hybridized carbons (Fsp3) is 0.440. The minimum absolute atomic E-state index is 0.0526. The van der Waals surface area contributed by atoms with Gasteiger partial charge in [-0.05, 0) is 62.8 Å². The van der Waals surface area contributed by atoms with Crippen molar-refractivity contribution in [1.29, 1.82) is 0 Å². The van der Waals surface area contributed by atoms with E-state index in [0.29, 0.717) is 24.0 Å². The van der Waals surface area contributed by atoms with Gasteiger partial charge in [0, 0.05) is 37.6 Å². The van der Waals surface area contributed by atoms with Crippen LogP contribution in [0.1, 0.15) is 29.9 Å². The first kappa shape index (κ1) is 23.8. The molecule has 2 N–H and O–H groups in total. The Bertz CT molecular complexity index is 1210. The number of pyridine rings is 2. The van der Waals surface area contributed by atoms with E-state index in [9.17, 15) is 9.90 Å². The van der Waals surface area contributed by atoms with Crippen molar-refractivity contribution in [3.8, 4) is 5.75 Å². The molecule has 1 aliphatic carbocycles. The Morgan fingerprint density at radius 3 is 2.59 bits per heavy atom. The molecule has 2 fully saturated rings. The highest BCUT2D eigenvalue weighted by Crippen LogP contribution is 2.38. The molecular formula is C25H30N4O5. The summed E-state index contributed by atoms with van der Waals surface area (Å²) in [5.74, 6) is 1.66.